The van der Waals surface area contributed by atoms with E-state index < -0.39 is 0 Å². The first-order chi connectivity index (χ1) is 14.5. The topological polar surface area (TPSA) is 81.9 Å². The number of aryl methyl sites for hydroxylation is 1. The van der Waals surface area contributed by atoms with E-state index in [0.29, 0.717) is 28.7 Å². The molecule has 1 amide bonds. The quantitative estimate of drug-likeness (QED) is 0.445. The number of anilines is 1. The van der Waals surface area contributed by atoms with E-state index in [1.54, 1.807) is 48.8 Å². The number of nitrogens with one attached hydrogen (secondary N) is 1. The Morgan fingerprint density at radius 2 is 1.70 bits per heavy atom. The average Bonchev–Trinajstić information content (AvgIpc) is 3.09. The number of hydrogen-bond donors (Lipinski definition) is 1. The molecule has 2 heterocycles. The van der Waals surface area contributed by atoms with Crippen LogP contribution in [0.1, 0.15) is 21.7 Å². The lowest BCUT2D eigenvalue weighted by Crippen LogP contribution is -2.11. The molecule has 0 unspecified atom stereocenters. The van der Waals surface area contributed by atoms with Gasteiger partial charge in [0, 0.05) is 27.5 Å². The van der Waals surface area contributed by atoms with Crippen LogP contribution >= 0.6 is 15.9 Å². The van der Waals surface area contributed by atoms with Crippen molar-refractivity contribution in [2.75, 3.05) is 5.32 Å². The third-order valence-corrected chi connectivity index (χ3v) is 5.09. The van der Waals surface area contributed by atoms with Gasteiger partial charge in [0.1, 0.15) is 12.1 Å². The molecule has 0 bridgehead atoms. The minimum Gasteiger partial charge on any atom is -0.438 e. The fourth-order valence-corrected chi connectivity index (χ4v) is 3.02. The molecule has 2 aromatic carbocycles. The number of halogens is 1. The molecular formula is C22H18BrN5O2. The van der Waals surface area contributed by atoms with Crippen molar-refractivity contribution in [1.29, 1.82) is 0 Å². The number of aromatic nitrogens is 4. The number of carbonyl (C=O) groups excluding carboxylic acids is 1. The second-order valence-corrected chi connectivity index (χ2v) is 7.52. The van der Waals surface area contributed by atoms with Gasteiger partial charge < -0.3 is 10.1 Å². The lowest BCUT2D eigenvalue weighted by molar-refractivity contribution is 0.102. The smallest absolute Gasteiger partial charge is 0.255 e. The van der Waals surface area contributed by atoms with Gasteiger partial charge in [-0.2, -0.15) is 0 Å². The lowest BCUT2D eigenvalue weighted by Gasteiger charge is -2.08. The number of hydrogen-bond acceptors (Lipinski definition) is 5. The average molecular weight is 464 g/mol. The third-order valence-electron chi connectivity index (χ3n) is 4.57. The van der Waals surface area contributed by atoms with Crippen LogP contribution in [0.4, 0.5) is 5.69 Å². The van der Waals surface area contributed by atoms with Gasteiger partial charge in [0.2, 0.25) is 5.88 Å². The first-order valence-electron chi connectivity index (χ1n) is 9.19. The summed E-state index contributed by atoms with van der Waals surface area (Å²) >= 11 is 3.36. The van der Waals surface area contributed by atoms with E-state index in [9.17, 15) is 4.79 Å². The molecule has 0 atom stereocenters. The molecule has 2 aromatic heterocycles. The number of ether oxygens (including phenoxy) is 1. The summed E-state index contributed by atoms with van der Waals surface area (Å²) in [5.41, 5.74) is 3.21. The van der Waals surface area contributed by atoms with Gasteiger partial charge in [-0.1, -0.05) is 15.9 Å². The Hall–Kier alpha value is -3.52. The zero-order valence-electron chi connectivity index (χ0n) is 16.3. The molecule has 0 saturated heterocycles. The predicted octanol–water partition coefficient (Wildman–Crippen LogP) is 5.09. The Morgan fingerprint density at radius 3 is 2.30 bits per heavy atom. The molecule has 0 aliphatic carbocycles. The fraction of sp³-hybridized carbons (Fsp3) is 0.0909. The van der Waals surface area contributed by atoms with Gasteiger partial charge in [-0.25, -0.2) is 4.98 Å². The summed E-state index contributed by atoms with van der Waals surface area (Å²) in [4.78, 5) is 16.6. The fourth-order valence-electron chi connectivity index (χ4n) is 2.76. The summed E-state index contributed by atoms with van der Waals surface area (Å²) in [5, 5.41) is 11.2. The van der Waals surface area contributed by atoms with Gasteiger partial charge in [-0.05, 0) is 68.4 Å². The predicted molar refractivity (Wildman–Crippen MR) is 117 cm³/mol. The molecule has 7 nitrogen and oxygen atoms in total. The van der Waals surface area contributed by atoms with Crippen LogP contribution in [0, 0.1) is 13.8 Å². The Morgan fingerprint density at radius 1 is 0.967 bits per heavy atom. The minimum absolute atomic E-state index is 0.178. The van der Waals surface area contributed by atoms with Crippen LogP contribution in [-0.4, -0.2) is 25.7 Å². The van der Waals surface area contributed by atoms with Gasteiger partial charge in [-0.3, -0.25) is 9.36 Å². The van der Waals surface area contributed by atoms with Gasteiger partial charge >= 0.3 is 0 Å². The molecule has 30 heavy (non-hydrogen) atoms. The number of carbonyl (C=O) groups is 1. The maximum atomic E-state index is 12.3. The molecular weight excluding hydrogens is 446 g/mol. The van der Waals surface area contributed by atoms with Crippen LogP contribution < -0.4 is 10.1 Å². The zero-order chi connectivity index (χ0) is 21.1. The van der Waals surface area contributed by atoms with Crippen LogP contribution in [0.2, 0.25) is 0 Å². The summed E-state index contributed by atoms with van der Waals surface area (Å²) in [7, 11) is 0. The van der Waals surface area contributed by atoms with E-state index in [1.807, 2.05) is 36.6 Å². The normalized spacial score (nSPS) is 10.6. The highest BCUT2D eigenvalue weighted by Gasteiger charge is 2.08. The molecule has 1 N–H and O–H groups in total. The first kappa shape index (κ1) is 19.8. The molecule has 4 rings (SSSR count). The number of rotatable bonds is 5. The first-order valence-corrected chi connectivity index (χ1v) is 9.98. The van der Waals surface area contributed by atoms with Crippen molar-refractivity contribution in [3.63, 3.8) is 0 Å². The highest BCUT2D eigenvalue weighted by atomic mass is 79.9. The largest absolute Gasteiger partial charge is 0.438 e. The standard InChI is InChI=1S/C22H18BrN5O2/c1-14-15(2)28(13-24-14)20-11-12-21(27-26-20)30-19-9-7-18(8-10-19)25-22(29)16-3-5-17(23)6-4-16/h3-13H,1-2H3,(H,25,29). The molecule has 8 heteroatoms. The molecule has 0 aliphatic rings. The van der Waals surface area contributed by atoms with E-state index in [0.717, 1.165) is 15.9 Å². The van der Waals surface area contributed by atoms with Crippen molar-refractivity contribution in [1.82, 2.24) is 19.7 Å². The Kier molecular flexibility index (Phi) is 5.58. The van der Waals surface area contributed by atoms with Crippen LogP contribution in [0.25, 0.3) is 5.82 Å². The summed E-state index contributed by atoms with van der Waals surface area (Å²) < 4.78 is 8.54. The van der Waals surface area contributed by atoms with Gasteiger partial charge in [0.05, 0.1) is 5.69 Å². The summed E-state index contributed by atoms with van der Waals surface area (Å²) in [6, 6.07) is 17.8. The van der Waals surface area contributed by atoms with Crippen LogP contribution in [-0.2, 0) is 0 Å². The van der Waals surface area contributed by atoms with Crippen molar-refractivity contribution in [2.45, 2.75) is 13.8 Å². The maximum absolute atomic E-state index is 12.3. The van der Waals surface area contributed by atoms with Crippen LogP contribution in [0.5, 0.6) is 11.6 Å². The number of amides is 1. The molecule has 150 valence electrons. The Labute approximate surface area is 181 Å². The van der Waals surface area contributed by atoms with Gasteiger partial charge in [0.15, 0.2) is 5.82 Å². The van der Waals surface area contributed by atoms with Crippen molar-refractivity contribution in [3.05, 3.63) is 88.4 Å². The lowest BCUT2D eigenvalue weighted by atomic mass is 10.2. The zero-order valence-corrected chi connectivity index (χ0v) is 17.9. The minimum atomic E-state index is -0.178. The van der Waals surface area contributed by atoms with Crippen molar-refractivity contribution >= 4 is 27.5 Å². The van der Waals surface area contributed by atoms with E-state index in [4.69, 9.17) is 4.74 Å². The van der Waals surface area contributed by atoms with E-state index in [-0.39, 0.29) is 5.91 Å². The number of benzene rings is 2. The SMILES string of the molecule is Cc1ncn(-c2ccc(Oc3ccc(NC(=O)c4ccc(Br)cc4)cc3)nn2)c1C. The maximum Gasteiger partial charge on any atom is 0.255 e. The summed E-state index contributed by atoms with van der Waals surface area (Å²) in [6.07, 6.45) is 1.72. The number of nitrogens with zero attached hydrogens (tertiary/aromatic N) is 4. The van der Waals surface area contributed by atoms with Crippen molar-refractivity contribution in [2.24, 2.45) is 0 Å². The van der Waals surface area contributed by atoms with Crippen LogP contribution in [0.15, 0.2) is 71.5 Å². The van der Waals surface area contributed by atoms with E-state index in [1.165, 1.54) is 0 Å². The monoisotopic (exact) mass is 463 g/mol. The third kappa shape index (κ3) is 4.38. The van der Waals surface area contributed by atoms with E-state index in [2.05, 4.69) is 36.4 Å². The second-order valence-electron chi connectivity index (χ2n) is 6.60. The van der Waals surface area contributed by atoms with Gasteiger partial charge in [-0.15, -0.1) is 10.2 Å². The molecule has 0 fully saturated rings. The highest BCUT2D eigenvalue weighted by molar-refractivity contribution is 9.10. The number of imidazole rings is 1. The summed E-state index contributed by atoms with van der Waals surface area (Å²) in [5.74, 6) is 1.46. The van der Waals surface area contributed by atoms with Crippen LogP contribution in [0.3, 0.4) is 0 Å². The van der Waals surface area contributed by atoms with Gasteiger partial charge in [0.25, 0.3) is 5.91 Å². The van der Waals surface area contributed by atoms with Crippen molar-refractivity contribution < 1.29 is 9.53 Å². The molecule has 0 radical (unpaired) electrons. The molecule has 0 saturated carbocycles. The second kappa shape index (κ2) is 8.46. The van der Waals surface area contributed by atoms with Crippen molar-refractivity contribution in [3.8, 4) is 17.4 Å². The molecule has 4 aromatic rings. The molecule has 0 spiro atoms. The molecule has 0 aliphatic heterocycles. The van der Waals surface area contributed by atoms with E-state index >= 15 is 0 Å². The Balaban J connectivity index is 1.40. The Bertz CT molecular complexity index is 1170. The summed E-state index contributed by atoms with van der Waals surface area (Å²) in [6.45, 7) is 3.92. The highest BCUT2D eigenvalue weighted by Crippen LogP contribution is 2.22.